The highest BCUT2D eigenvalue weighted by Gasteiger charge is 2.27. The molecule has 0 N–H and O–H groups in total. The first-order valence-electron chi connectivity index (χ1n) is 7.20. The zero-order valence-electron chi connectivity index (χ0n) is 12.8. The molecule has 3 heteroatoms. The third kappa shape index (κ3) is 3.28. The molecule has 3 nitrogen and oxygen atoms in total. The van der Waals surface area contributed by atoms with Crippen LogP contribution in [0, 0.1) is 5.92 Å². The predicted molar refractivity (Wildman–Crippen MR) is 82.6 cm³/mol. The molecule has 0 bridgehead atoms. The van der Waals surface area contributed by atoms with Crippen molar-refractivity contribution in [2.45, 2.75) is 26.4 Å². The molecule has 1 aliphatic heterocycles. The van der Waals surface area contributed by atoms with Gasteiger partial charge in [-0.1, -0.05) is 38.1 Å². The van der Waals surface area contributed by atoms with Gasteiger partial charge in [0.2, 0.25) is 0 Å². The molecule has 0 aromatic heterocycles. The largest absolute Gasteiger partial charge is 0.328 e. The molecule has 0 saturated heterocycles. The molecule has 1 aliphatic rings. The summed E-state index contributed by atoms with van der Waals surface area (Å²) in [7, 11) is 4.07. The summed E-state index contributed by atoms with van der Waals surface area (Å²) in [6.07, 6.45) is 4.23. The van der Waals surface area contributed by atoms with Gasteiger partial charge in [-0.25, -0.2) is 0 Å². The minimum atomic E-state index is 0.134. The SMILES string of the molecule is CC(C)[C@H]1C=CCN1C(=O)c1cccc(CN(C)C)c1. The molecule has 0 aliphatic carbocycles. The van der Waals surface area contributed by atoms with Crippen LogP contribution in [0.2, 0.25) is 0 Å². The number of nitrogens with zero attached hydrogens (tertiary/aromatic N) is 2. The van der Waals surface area contributed by atoms with E-state index in [1.165, 1.54) is 5.56 Å². The molecule has 0 fully saturated rings. The Bertz CT molecular complexity index is 505. The van der Waals surface area contributed by atoms with E-state index in [2.05, 4.69) is 37.0 Å². The van der Waals surface area contributed by atoms with Crippen LogP contribution in [0.15, 0.2) is 36.4 Å². The number of amides is 1. The van der Waals surface area contributed by atoms with Crippen molar-refractivity contribution in [1.29, 1.82) is 0 Å². The number of benzene rings is 1. The number of carbonyl (C=O) groups excluding carboxylic acids is 1. The predicted octanol–water partition coefficient (Wildman–Crippen LogP) is 2.78. The molecule has 1 atom stereocenters. The van der Waals surface area contributed by atoms with Crippen molar-refractivity contribution in [3.8, 4) is 0 Å². The van der Waals surface area contributed by atoms with Crippen molar-refractivity contribution < 1.29 is 4.79 Å². The Kier molecular flexibility index (Phi) is 4.61. The molecule has 1 aromatic rings. The monoisotopic (exact) mass is 272 g/mol. The van der Waals surface area contributed by atoms with Crippen LogP contribution in [0.3, 0.4) is 0 Å². The fourth-order valence-electron chi connectivity index (χ4n) is 2.67. The highest BCUT2D eigenvalue weighted by atomic mass is 16.2. The van der Waals surface area contributed by atoms with Crippen molar-refractivity contribution in [2.24, 2.45) is 5.92 Å². The van der Waals surface area contributed by atoms with E-state index in [9.17, 15) is 4.79 Å². The van der Waals surface area contributed by atoms with Crippen LogP contribution in [0.1, 0.15) is 29.8 Å². The first-order chi connectivity index (χ1) is 9.49. The van der Waals surface area contributed by atoms with Crippen molar-refractivity contribution in [3.05, 3.63) is 47.5 Å². The lowest BCUT2D eigenvalue weighted by atomic mass is 10.0. The molecule has 1 aromatic carbocycles. The van der Waals surface area contributed by atoms with Gasteiger partial charge < -0.3 is 9.80 Å². The first kappa shape index (κ1) is 14.8. The molecule has 1 amide bonds. The van der Waals surface area contributed by atoms with E-state index in [0.29, 0.717) is 5.92 Å². The second-order valence-electron chi connectivity index (χ2n) is 6.06. The van der Waals surface area contributed by atoms with E-state index in [1.807, 2.05) is 37.2 Å². The first-order valence-corrected chi connectivity index (χ1v) is 7.20. The average Bonchev–Trinajstić information content (AvgIpc) is 2.86. The lowest BCUT2D eigenvalue weighted by Crippen LogP contribution is -2.39. The quantitative estimate of drug-likeness (QED) is 0.787. The third-order valence-electron chi connectivity index (χ3n) is 3.61. The van der Waals surface area contributed by atoms with Gasteiger partial charge in [-0.2, -0.15) is 0 Å². The van der Waals surface area contributed by atoms with Gasteiger partial charge in [-0.05, 0) is 37.7 Å². The van der Waals surface area contributed by atoms with Crippen LogP contribution in [0.25, 0.3) is 0 Å². The van der Waals surface area contributed by atoms with Crippen molar-refractivity contribution in [3.63, 3.8) is 0 Å². The van der Waals surface area contributed by atoms with E-state index in [1.54, 1.807) is 0 Å². The summed E-state index contributed by atoms with van der Waals surface area (Å²) in [6.45, 7) is 5.89. The molecule has 2 rings (SSSR count). The van der Waals surface area contributed by atoms with Crippen LogP contribution >= 0.6 is 0 Å². The van der Waals surface area contributed by atoms with Crippen molar-refractivity contribution in [2.75, 3.05) is 20.6 Å². The fraction of sp³-hybridized carbons (Fsp3) is 0.471. The molecular weight excluding hydrogens is 248 g/mol. The number of hydrogen-bond acceptors (Lipinski definition) is 2. The number of hydrogen-bond donors (Lipinski definition) is 0. The molecule has 0 spiro atoms. The average molecular weight is 272 g/mol. The van der Waals surface area contributed by atoms with E-state index in [-0.39, 0.29) is 11.9 Å². The van der Waals surface area contributed by atoms with Gasteiger partial charge in [0.25, 0.3) is 5.91 Å². The Hall–Kier alpha value is -1.61. The normalized spacial score (nSPS) is 18.3. The van der Waals surface area contributed by atoms with Gasteiger partial charge in [-0.3, -0.25) is 4.79 Å². The number of rotatable bonds is 4. The lowest BCUT2D eigenvalue weighted by Gasteiger charge is -2.27. The lowest BCUT2D eigenvalue weighted by molar-refractivity contribution is 0.0720. The van der Waals surface area contributed by atoms with Crippen LogP contribution in [-0.2, 0) is 6.54 Å². The highest BCUT2D eigenvalue weighted by molar-refractivity contribution is 5.95. The van der Waals surface area contributed by atoms with Crippen LogP contribution in [0.4, 0.5) is 0 Å². The highest BCUT2D eigenvalue weighted by Crippen LogP contribution is 2.21. The molecule has 108 valence electrons. The maximum absolute atomic E-state index is 12.7. The topological polar surface area (TPSA) is 23.6 Å². The van der Waals surface area contributed by atoms with Gasteiger partial charge in [0.15, 0.2) is 0 Å². The summed E-state index contributed by atoms with van der Waals surface area (Å²) >= 11 is 0. The van der Waals surface area contributed by atoms with Gasteiger partial charge in [0.05, 0.1) is 6.04 Å². The standard InChI is InChI=1S/C17H24N2O/c1-13(2)16-9-6-10-19(16)17(20)15-8-5-7-14(11-15)12-18(3)4/h5-9,11,13,16H,10,12H2,1-4H3/t16-/m1/s1. The van der Waals surface area contributed by atoms with Gasteiger partial charge >= 0.3 is 0 Å². The van der Waals surface area contributed by atoms with Gasteiger partial charge in [0, 0.05) is 18.7 Å². The summed E-state index contributed by atoms with van der Waals surface area (Å²) < 4.78 is 0. The summed E-state index contributed by atoms with van der Waals surface area (Å²) in [4.78, 5) is 16.7. The third-order valence-corrected chi connectivity index (χ3v) is 3.61. The van der Waals surface area contributed by atoms with Gasteiger partial charge in [-0.15, -0.1) is 0 Å². The van der Waals surface area contributed by atoms with Crippen LogP contribution in [0.5, 0.6) is 0 Å². The maximum Gasteiger partial charge on any atom is 0.254 e. The Morgan fingerprint density at radius 3 is 2.80 bits per heavy atom. The van der Waals surface area contributed by atoms with E-state index in [0.717, 1.165) is 18.7 Å². The zero-order chi connectivity index (χ0) is 14.7. The Morgan fingerprint density at radius 2 is 2.15 bits per heavy atom. The van der Waals surface area contributed by atoms with Crippen molar-refractivity contribution in [1.82, 2.24) is 9.80 Å². The second-order valence-corrected chi connectivity index (χ2v) is 6.06. The molecule has 0 unspecified atom stereocenters. The maximum atomic E-state index is 12.7. The minimum Gasteiger partial charge on any atom is -0.328 e. The Labute approximate surface area is 121 Å². The summed E-state index contributed by atoms with van der Waals surface area (Å²) in [5.41, 5.74) is 1.97. The molecular formula is C17H24N2O. The smallest absolute Gasteiger partial charge is 0.254 e. The minimum absolute atomic E-state index is 0.134. The summed E-state index contributed by atoms with van der Waals surface area (Å²) in [5.74, 6) is 0.581. The number of carbonyl (C=O) groups is 1. The Morgan fingerprint density at radius 1 is 1.40 bits per heavy atom. The molecule has 1 heterocycles. The van der Waals surface area contributed by atoms with Crippen molar-refractivity contribution >= 4 is 5.91 Å². The summed E-state index contributed by atoms with van der Waals surface area (Å²) in [6, 6.07) is 8.19. The molecule has 0 saturated carbocycles. The van der Waals surface area contributed by atoms with Gasteiger partial charge in [0.1, 0.15) is 0 Å². The van der Waals surface area contributed by atoms with Crippen LogP contribution in [-0.4, -0.2) is 42.4 Å². The summed E-state index contributed by atoms with van der Waals surface area (Å²) in [5, 5.41) is 0. The Balaban J connectivity index is 2.17. The molecule has 20 heavy (non-hydrogen) atoms. The van der Waals surface area contributed by atoms with Crippen LogP contribution < -0.4 is 0 Å². The second kappa shape index (κ2) is 6.23. The van der Waals surface area contributed by atoms with E-state index < -0.39 is 0 Å². The van der Waals surface area contributed by atoms with E-state index in [4.69, 9.17) is 0 Å². The molecule has 0 radical (unpaired) electrons. The fourth-order valence-corrected chi connectivity index (χ4v) is 2.67. The zero-order valence-corrected chi connectivity index (χ0v) is 12.8. The van der Waals surface area contributed by atoms with E-state index >= 15 is 0 Å².